The molecule has 6 heterocycles. The number of imidazole rings is 1. The van der Waals surface area contributed by atoms with Crippen LogP contribution in [-0.4, -0.2) is 82.4 Å². The van der Waals surface area contributed by atoms with E-state index in [1.165, 1.54) is 9.13 Å². The number of fused-ring (bicyclic) bond motifs is 2. The number of halogens is 3. The number of rotatable bonds is 11. The molecule has 3 aliphatic rings. The molecule has 4 atom stereocenters. The van der Waals surface area contributed by atoms with E-state index in [0.29, 0.717) is 87.6 Å². The summed E-state index contributed by atoms with van der Waals surface area (Å²) in [6.45, 7) is 12.8. The quantitative estimate of drug-likeness (QED) is 0.127. The number of carbonyl (C=O) groups is 1. The Bertz CT molecular complexity index is 3310. The molecule has 0 spiro atoms. The molecule has 10 rings (SSSR count). The van der Waals surface area contributed by atoms with E-state index < -0.39 is 48.6 Å². The van der Waals surface area contributed by atoms with Crippen molar-refractivity contribution in [2.45, 2.75) is 97.6 Å². The van der Waals surface area contributed by atoms with Gasteiger partial charge in [-0.3, -0.25) is 23.4 Å². The van der Waals surface area contributed by atoms with Gasteiger partial charge in [-0.1, -0.05) is 38.9 Å². The Balaban J connectivity index is 1.12. The molecule has 2 aliphatic heterocycles. The predicted molar refractivity (Wildman–Crippen MR) is 252 cm³/mol. The minimum Gasteiger partial charge on any atom is -0.375 e. The molecule has 68 heavy (non-hydrogen) atoms. The van der Waals surface area contributed by atoms with Gasteiger partial charge >= 0.3 is 11.4 Å². The van der Waals surface area contributed by atoms with Crippen molar-refractivity contribution in [3.05, 3.63) is 139 Å². The number of aryl methyl sites for hydroxylation is 3. The Morgan fingerprint density at radius 2 is 1.68 bits per heavy atom. The molecule has 14 nitrogen and oxygen atoms in total. The second-order valence-electron chi connectivity index (χ2n) is 18.7. The number of ether oxygens (including phenoxy) is 1. The molecule has 0 radical (unpaired) electrons. The van der Waals surface area contributed by atoms with Crippen LogP contribution in [0.2, 0.25) is 0 Å². The van der Waals surface area contributed by atoms with Crippen LogP contribution in [0.1, 0.15) is 109 Å². The first kappa shape index (κ1) is 45.6. The molecule has 0 bridgehead atoms. The van der Waals surface area contributed by atoms with Gasteiger partial charge in [0.15, 0.2) is 5.82 Å². The number of benzene rings is 3. The molecule has 4 aromatic heterocycles. The normalized spacial score (nSPS) is 21.4. The molecule has 4 unspecified atom stereocenters. The molecule has 1 N–H and O–H groups in total. The number of alkyl halides is 2. The molecular weight excluding hydrogens is 897 g/mol. The third kappa shape index (κ3) is 7.01. The monoisotopic (exact) mass is 950 g/mol. The highest BCUT2D eigenvalue weighted by atomic mass is 31.2. The molecule has 1 amide bonds. The van der Waals surface area contributed by atoms with Gasteiger partial charge in [0.2, 0.25) is 0 Å². The van der Waals surface area contributed by atoms with E-state index in [2.05, 4.69) is 10.1 Å². The number of aromatic amines is 1. The second kappa shape index (κ2) is 16.5. The summed E-state index contributed by atoms with van der Waals surface area (Å²) in [7, 11) is -2.62. The van der Waals surface area contributed by atoms with Crippen LogP contribution in [0.4, 0.5) is 13.2 Å². The summed E-state index contributed by atoms with van der Waals surface area (Å²) in [5.74, 6) is -5.12. The summed E-state index contributed by atoms with van der Waals surface area (Å²) in [5.41, 5.74) is 3.96. The number of hydrogen-bond donors (Lipinski definition) is 1. The largest absolute Gasteiger partial charge is 0.438 e. The van der Waals surface area contributed by atoms with Crippen LogP contribution in [0.3, 0.4) is 0 Å². The first-order valence-corrected chi connectivity index (χ1v) is 25.4. The zero-order valence-electron chi connectivity index (χ0n) is 39.1. The SMILES string of the molecule is CCc1cc(-n2ccn(-c3c4c(nn3-c3cc(C)c(F)c(C)c3)CCN(C(=O)c3cc5cc(C6CCOCC6(F)F)ccc5n3C3(c5noc(=O)[nH]5)CC3C)C4C)c2=O)ccc1P(=O)(CC)CC. The maximum atomic E-state index is 15.5. The van der Waals surface area contributed by atoms with Crippen molar-refractivity contribution in [2.24, 2.45) is 5.92 Å². The number of H-pyrrole nitrogens is 1. The van der Waals surface area contributed by atoms with Crippen LogP contribution in [0.25, 0.3) is 28.1 Å². The number of nitrogens with zero attached hydrogens (tertiary/aromatic N) is 7. The Kier molecular flexibility index (Phi) is 11.1. The van der Waals surface area contributed by atoms with Crippen LogP contribution in [0.15, 0.2) is 81.1 Å². The molecule has 3 aromatic carbocycles. The van der Waals surface area contributed by atoms with Crippen molar-refractivity contribution in [3.63, 3.8) is 0 Å². The first-order valence-electron chi connectivity index (χ1n) is 23.4. The standard InChI is InChI=1S/C50H54F3N8O6P/c1-8-32-24-35(12-14-41(32)68(65,9-2)10-3)58-18-19-59(48(58)64)44-42-31(7)57(17-15-38(42)55-61(44)36-21-28(4)43(51)29(5)22-36)45(62)40-25-34-23-33(37-16-20-66-27-50(37,52)53)11-13-39(34)60(40)49(26-30(49)6)46-54-47(63)67-56-46/h11-14,18-19,21-25,30-31,37H,8-10,15-17,20,26-27H2,1-7H3,(H,54,56,63). The maximum Gasteiger partial charge on any atom is 0.438 e. The van der Waals surface area contributed by atoms with Crippen molar-refractivity contribution in [3.8, 4) is 17.2 Å². The van der Waals surface area contributed by atoms with E-state index in [1.807, 2.05) is 57.4 Å². The molecule has 7 aromatic rings. The average molecular weight is 951 g/mol. The number of amides is 1. The van der Waals surface area contributed by atoms with E-state index in [1.54, 1.807) is 72.2 Å². The molecule has 1 aliphatic carbocycles. The number of aromatic nitrogens is 7. The minimum atomic E-state index is -3.09. The summed E-state index contributed by atoms with van der Waals surface area (Å²) in [6.07, 6.45) is 5.95. The van der Waals surface area contributed by atoms with Crippen molar-refractivity contribution >= 4 is 29.3 Å². The Hall–Kier alpha value is -6.19. The first-order chi connectivity index (χ1) is 32.5. The van der Waals surface area contributed by atoms with Gasteiger partial charge in [0.05, 0.1) is 29.0 Å². The summed E-state index contributed by atoms with van der Waals surface area (Å²) in [4.78, 5) is 47.2. The van der Waals surface area contributed by atoms with Gasteiger partial charge < -0.3 is 18.8 Å². The summed E-state index contributed by atoms with van der Waals surface area (Å²) in [6, 6.07) is 15.2. The lowest BCUT2D eigenvalue weighted by molar-refractivity contribution is -0.130. The molecule has 1 saturated carbocycles. The van der Waals surface area contributed by atoms with Gasteiger partial charge in [0.25, 0.3) is 11.8 Å². The summed E-state index contributed by atoms with van der Waals surface area (Å²) >= 11 is 0. The minimum absolute atomic E-state index is 0.105. The molecule has 2 fully saturated rings. The summed E-state index contributed by atoms with van der Waals surface area (Å²) in [5, 5.41) is 10.6. The number of hydrogen-bond acceptors (Lipinski definition) is 8. The Morgan fingerprint density at radius 3 is 2.32 bits per heavy atom. The van der Waals surface area contributed by atoms with Crippen LogP contribution in [0, 0.1) is 25.6 Å². The Morgan fingerprint density at radius 1 is 0.956 bits per heavy atom. The smallest absolute Gasteiger partial charge is 0.375 e. The van der Waals surface area contributed by atoms with Crippen molar-refractivity contribution < 1.29 is 31.8 Å². The lowest BCUT2D eigenvalue weighted by Gasteiger charge is -2.34. The summed E-state index contributed by atoms with van der Waals surface area (Å²) < 4.78 is 76.3. The van der Waals surface area contributed by atoms with Gasteiger partial charge in [-0.05, 0) is 117 Å². The van der Waals surface area contributed by atoms with Gasteiger partial charge in [-0.2, -0.15) is 5.10 Å². The predicted octanol–water partition coefficient (Wildman–Crippen LogP) is 8.47. The lowest BCUT2D eigenvalue weighted by atomic mass is 9.88. The maximum absolute atomic E-state index is 15.5. The highest BCUT2D eigenvalue weighted by Gasteiger charge is 2.59. The fourth-order valence-electron chi connectivity index (χ4n) is 11.0. The van der Waals surface area contributed by atoms with E-state index in [4.69, 9.17) is 14.4 Å². The van der Waals surface area contributed by atoms with Gasteiger partial charge in [0, 0.05) is 66.1 Å². The van der Waals surface area contributed by atoms with Crippen molar-refractivity contribution in [1.82, 2.24) is 38.5 Å². The van der Waals surface area contributed by atoms with Gasteiger partial charge in [-0.15, -0.1) is 0 Å². The zero-order valence-corrected chi connectivity index (χ0v) is 40.0. The highest BCUT2D eigenvalue weighted by molar-refractivity contribution is 7.71. The third-order valence-electron chi connectivity index (χ3n) is 14.9. The van der Waals surface area contributed by atoms with Crippen LogP contribution in [0.5, 0.6) is 0 Å². The fourth-order valence-corrected chi connectivity index (χ4v) is 13.2. The lowest BCUT2D eigenvalue weighted by Crippen LogP contribution is -2.41. The van der Waals surface area contributed by atoms with Crippen molar-refractivity contribution in [2.75, 3.05) is 32.1 Å². The molecule has 18 heteroatoms. The van der Waals surface area contributed by atoms with Gasteiger partial charge in [-0.25, -0.2) is 27.4 Å². The molecular formula is C50H54F3N8O6P. The number of nitrogens with one attached hydrogen (secondary N) is 1. The van der Waals surface area contributed by atoms with Crippen LogP contribution < -0.4 is 16.8 Å². The fraction of sp³-hybridized carbons (Fsp3) is 0.420. The number of carbonyl (C=O) groups excluding carboxylic acids is 1. The third-order valence-corrected chi connectivity index (χ3v) is 18.2. The van der Waals surface area contributed by atoms with Crippen LogP contribution in [-0.2, 0) is 27.7 Å². The topological polar surface area (TPSA) is 155 Å². The van der Waals surface area contributed by atoms with Crippen LogP contribution >= 0.6 is 7.14 Å². The van der Waals surface area contributed by atoms with E-state index in [-0.39, 0.29) is 48.7 Å². The average Bonchev–Trinajstić information content (AvgIpc) is 3.82. The van der Waals surface area contributed by atoms with E-state index in [9.17, 15) is 14.2 Å². The molecule has 1 saturated heterocycles. The zero-order chi connectivity index (χ0) is 48.2. The second-order valence-corrected chi connectivity index (χ2v) is 22.3. The van der Waals surface area contributed by atoms with Crippen molar-refractivity contribution in [1.29, 1.82) is 0 Å². The Labute approximate surface area is 390 Å². The van der Waals surface area contributed by atoms with E-state index >= 15 is 18.0 Å². The highest BCUT2D eigenvalue weighted by Crippen LogP contribution is 2.56. The van der Waals surface area contributed by atoms with E-state index in [0.717, 1.165) is 10.9 Å². The molecule has 356 valence electrons. The van der Waals surface area contributed by atoms with Gasteiger partial charge in [0.1, 0.15) is 36.6 Å².